The van der Waals surface area contributed by atoms with Gasteiger partial charge in [-0.3, -0.25) is 9.59 Å². The Hall–Kier alpha value is -3.03. The van der Waals surface area contributed by atoms with Gasteiger partial charge in [0.25, 0.3) is 0 Å². The number of carbonyl (C=O) groups excluding carboxylic acids is 2. The molecular weight excluding hydrogens is 385 g/mol. The molecule has 2 bridgehead atoms. The predicted molar refractivity (Wildman–Crippen MR) is 110 cm³/mol. The zero-order valence-corrected chi connectivity index (χ0v) is 17.1. The monoisotopic (exact) mass is 409 g/mol. The van der Waals surface area contributed by atoms with E-state index in [2.05, 4.69) is 14.9 Å². The zero-order chi connectivity index (χ0) is 21.0. The summed E-state index contributed by atoms with van der Waals surface area (Å²) in [7, 11) is 0. The number of amides is 2. The van der Waals surface area contributed by atoms with Crippen LogP contribution in [0, 0.1) is 25.6 Å². The molecule has 0 aliphatic carbocycles. The minimum absolute atomic E-state index is 0.0592. The lowest BCUT2D eigenvalue weighted by molar-refractivity contribution is -0.150. The Morgan fingerprint density at radius 3 is 2.43 bits per heavy atom. The molecule has 6 rings (SSSR count). The lowest BCUT2D eigenvalue weighted by Crippen LogP contribution is -2.71. The van der Waals surface area contributed by atoms with E-state index in [0.717, 1.165) is 36.8 Å². The van der Waals surface area contributed by atoms with Crippen molar-refractivity contribution in [2.45, 2.75) is 38.8 Å². The van der Waals surface area contributed by atoms with Crippen LogP contribution in [0.4, 0.5) is 15.9 Å². The van der Waals surface area contributed by atoms with Gasteiger partial charge in [-0.15, -0.1) is 0 Å². The summed E-state index contributed by atoms with van der Waals surface area (Å²) in [6.07, 6.45) is 1.20. The molecule has 0 saturated carbocycles. The predicted octanol–water partition coefficient (Wildman–Crippen LogP) is 2.08. The number of halogens is 1. The maximum Gasteiger partial charge on any atom is 0.228 e. The molecule has 7 nitrogen and oxygen atoms in total. The number of hydrogen-bond acceptors (Lipinski definition) is 5. The fourth-order valence-electron chi connectivity index (χ4n) is 4.97. The van der Waals surface area contributed by atoms with E-state index in [4.69, 9.17) is 0 Å². The highest BCUT2D eigenvalue weighted by Crippen LogP contribution is 2.37. The Balaban J connectivity index is 1.26. The van der Waals surface area contributed by atoms with Crippen LogP contribution in [0.3, 0.4) is 0 Å². The van der Waals surface area contributed by atoms with Gasteiger partial charge in [-0.1, -0.05) is 0 Å². The van der Waals surface area contributed by atoms with E-state index >= 15 is 0 Å². The van der Waals surface area contributed by atoms with E-state index in [1.54, 1.807) is 17.0 Å². The standard InChI is InChI=1S/C22H24FN5O2/c1-13-7-20(25-14(2)24-13)26-11-18-9-19(12-26)28(18)22(30)15-8-21(29)27(10-15)17-5-3-16(23)4-6-17/h3-7,15,18-19H,8-12H2,1-2H3. The molecule has 156 valence electrons. The number of nitrogens with zero attached hydrogens (tertiary/aromatic N) is 5. The molecule has 8 heteroatoms. The maximum absolute atomic E-state index is 13.2. The number of aryl methyl sites for hydroxylation is 2. The first-order chi connectivity index (χ1) is 14.4. The van der Waals surface area contributed by atoms with E-state index in [1.807, 2.05) is 24.8 Å². The Morgan fingerprint density at radius 2 is 1.77 bits per heavy atom. The van der Waals surface area contributed by atoms with Crippen LogP contribution in [0.1, 0.15) is 24.4 Å². The molecule has 4 aliphatic heterocycles. The Morgan fingerprint density at radius 1 is 1.07 bits per heavy atom. The summed E-state index contributed by atoms with van der Waals surface area (Å²) in [5.74, 6) is 0.957. The summed E-state index contributed by atoms with van der Waals surface area (Å²) in [5.41, 5.74) is 1.58. The topological polar surface area (TPSA) is 69.6 Å². The van der Waals surface area contributed by atoms with Crippen LogP contribution in [0.5, 0.6) is 0 Å². The van der Waals surface area contributed by atoms with E-state index in [0.29, 0.717) is 12.2 Å². The van der Waals surface area contributed by atoms with Gasteiger partial charge in [0.05, 0.1) is 18.0 Å². The van der Waals surface area contributed by atoms with Crippen LogP contribution in [0.25, 0.3) is 0 Å². The normalized spacial score (nSPS) is 25.5. The van der Waals surface area contributed by atoms with E-state index in [1.165, 1.54) is 12.1 Å². The molecule has 2 amide bonds. The van der Waals surface area contributed by atoms with Gasteiger partial charge in [-0.2, -0.15) is 0 Å². The molecule has 3 atom stereocenters. The number of aromatic nitrogens is 2. The summed E-state index contributed by atoms with van der Waals surface area (Å²) in [5, 5.41) is 0. The second-order valence-electron chi connectivity index (χ2n) is 8.49. The summed E-state index contributed by atoms with van der Waals surface area (Å²) < 4.78 is 13.2. The fraction of sp³-hybridized carbons (Fsp3) is 0.455. The largest absolute Gasteiger partial charge is 0.352 e. The molecule has 2 aromatic rings. The first kappa shape index (κ1) is 19.0. The molecule has 4 aliphatic rings. The molecule has 0 radical (unpaired) electrons. The van der Waals surface area contributed by atoms with E-state index in [-0.39, 0.29) is 42.1 Å². The Labute approximate surface area is 174 Å². The highest BCUT2D eigenvalue weighted by atomic mass is 19.1. The van der Waals surface area contributed by atoms with Crippen LogP contribution >= 0.6 is 0 Å². The zero-order valence-electron chi connectivity index (χ0n) is 17.1. The van der Waals surface area contributed by atoms with Crippen LogP contribution in [-0.4, -0.2) is 58.4 Å². The third kappa shape index (κ3) is 3.20. The van der Waals surface area contributed by atoms with Crippen molar-refractivity contribution in [3.63, 3.8) is 0 Å². The van der Waals surface area contributed by atoms with Gasteiger partial charge in [-0.25, -0.2) is 14.4 Å². The van der Waals surface area contributed by atoms with Crippen molar-refractivity contribution in [1.29, 1.82) is 0 Å². The molecule has 1 aromatic carbocycles. The minimum Gasteiger partial charge on any atom is -0.352 e. The summed E-state index contributed by atoms with van der Waals surface area (Å²) in [6.45, 7) is 5.71. The number of piperazine rings is 1. The minimum atomic E-state index is -0.344. The van der Waals surface area contributed by atoms with Gasteiger partial charge in [0, 0.05) is 43.5 Å². The number of rotatable bonds is 3. The third-order valence-electron chi connectivity index (χ3n) is 6.34. The number of hydrogen-bond donors (Lipinski definition) is 0. The molecule has 5 heterocycles. The molecule has 3 unspecified atom stereocenters. The SMILES string of the molecule is Cc1cc(N2CC3CC(C2)N3C(=O)C2CC(=O)N(c3ccc(F)cc3)C2)nc(C)n1. The van der Waals surface area contributed by atoms with Gasteiger partial charge in [0.15, 0.2) is 0 Å². The quantitative estimate of drug-likeness (QED) is 0.776. The molecular formula is C22H24FN5O2. The highest BCUT2D eigenvalue weighted by molar-refractivity contribution is 6.00. The molecule has 4 saturated heterocycles. The average molecular weight is 409 g/mol. The Kier molecular flexibility index (Phi) is 4.45. The number of carbonyl (C=O) groups is 2. The van der Waals surface area contributed by atoms with Crippen LogP contribution in [0.15, 0.2) is 30.3 Å². The molecule has 4 fully saturated rings. The maximum atomic E-state index is 13.2. The van der Waals surface area contributed by atoms with E-state index < -0.39 is 0 Å². The van der Waals surface area contributed by atoms with Crippen LogP contribution < -0.4 is 9.80 Å². The van der Waals surface area contributed by atoms with Crippen molar-refractivity contribution in [3.8, 4) is 0 Å². The first-order valence-electron chi connectivity index (χ1n) is 10.3. The Bertz CT molecular complexity index is 979. The van der Waals surface area contributed by atoms with E-state index in [9.17, 15) is 14.0 Å². The second kappa shape index (κ2) is 7.04. The molecule has 0 N–H and O–H groups in total. The van der Waals surface area contributed by atoms with Gasteiger partial charge < -0.3 is 14.7 Å². The van der Waals surface area contributed by atoms with Crippen molar-refractivity contribution < 1.29 is 14.0 Å². The van der Waals surface area contributed by atoms with Crippen molar-refractivity contribution in [3.05, 3.63) is 47.7 Å². The van der Waals surface area contributed by atoms with Crippen molar-refractivity contribution in [1.82, 2.24) is 14.9 Å². The van der Waals surface area contributed by atoms with Gasteiger partial charge >= 0.3 is 0 Å². The van der Waals surface area contributed by atoms with Crippen molar-refractivity contribution in [2.24, 2.45) is 5.92 Å². The van der Waals surface area contributed by atoms with Crippen molar-refractivity contribution in [2.75, 3.05) is 29.4 Å². The number of benzene rings is 1. The van der Waals surface area contributed by atoms with Crippen LogP contribution in [0.2, 0.25) is 0 Å². The molecule has 30 heavy (non-hydrogen) atoms. The summed E-state index contributed by atoms with van der Waals surface area (Å²) in [4.78, 5) is 40.4. The number of anilines is 2. The first-order valence-corrected chi connectivity index (χ1v) is 10.3. The molecule has 1 aromatic heterocycles. The molecule has 0 spiro atoms. The number of fused-ring (bicyclic) bond motifs is 2. The van der Waals surface area contributed by atoms with Crippen LogP contribution in [-0.2, 0) is 9.59 Å². The van der Waals surface area contributed by atoms with Gasteiger partial charge in [-0.05, 0) is 44.5 Å². The lowest BCUT2D eigenvalue weighted by Gasteiger charge is -2.57. The summed E-state index contributed by atoms with van der Waals surface area (Å²) >= 11 is 0. The lowest BCUT2D eigenvalue weighted by atomic mass is 9.85. The van der Waals surface area contributed by atoms with Gasteiger partial charge in [0.2, 0.25) is 11.8 Å². The smallest absolute Gasteiger partial charge is 0.228 e. The third-order valence-corrected chi connectivity index (χ3v) is 6.34. The fourth-order valence-corrected chi connectivity index (χ4v) is 4.97. The second-order valence-corrected chi connectivity index (χ2v) is 8.49. The van der Waals surface area contributed by atoms with Crippen molar-refractivity contribution >= 4 is 23.3 Å². The number of piperidine rings is 1. The highest BCUT2D eigenvalue weighted by Gasteiger charge is 2.50. The summed E-state index contributed by atoms with van der Waals surface area (Å²) in [6, 6.07) is 8.14. The van der Waals surface area contributed by atoms with Gasteiger partial charge in [0.1, 0.15) is 17.5 Å². The average Bonchev–Trinajstić information content (AvgIpc) is 3.09.